The van der Waals surface area contributed by atoms with Crippen LogP contribution in [-0.2, 0) is 16.4 Å². The number of carbonyl (C=O) groups is 1. The molecule has 0 aliphatic rings. The molecule has 11 heteroatoms. The van der Waals surface area contributed by atoms with Gasteiger partial charge >= 0.3 is 0 Å². The number of carbonyl (C=O) groups excluding carboxylic acids is 1. The third-order valence-corrected chi connectivity index (χ3v) is 7.25. The summed E-state index contributed by atoms with van der Waals surface area (Å²) in [6.45, 7) is 0.337. The lowest BCUT2D eigenvalue weighted by atomic mass is 10.1. The second-order valence-corrected chi connectivity index (χ2v) is 9.92. The number of amides is 1. The number of halogens is 3. The molecule has 0 saturated carbocycles. The van der Waals surface area contributed by atoms with Crippen LogP contribution < -0.4 is 19.5 Å². The summed E-state index contributed by atoms with van der Waals surface area (Å²) in [5.74, 6) is -0.0478. The van der Waals surface area contributed by atoms with E-state index in [9.17, 15) is 13.2 Å². The third-order valence-electron chi connectivity index (χ3n) is 4.82. The molecular formula is C23H21Cl3N2O5S. The van der Waals surface area contributed by atoms with E-state index in [0.717, 1.165) is 11.6 Å². The monoisotopic (exact) mass is 542 g/mol. The Kier molecular flexibility index (Phi) is 8.54. The minimum atomic E-state index is -4.25. The predicted molar refractivity (Wildman–Crippen MR) is 134 cm³/mol. The lowest BCUT2D eigenvalue weighted by Gasteiger charge is -2.16. The van der Waals surface area contributed by atoms with E-state index in [2.05, 4.69) is 10.0 Å². The molecule has 1 amide bonds. The Bertz CT molecular complexity index is 1300. The number of anilines is 1. The molecule has 2 N–H and O–H groups in total. The summed E-state index contributed by atoms with van der Waals surface area (Å²) >= 11 is 18.5. The highest BCUT2D eigenvalue weighted by Gasteiger charge is 2.24. The van der Waals surface area contributed by atoms with E-state index in [1.54, 1.807) is 0 Å². The molecule has 3 aromatic rings. The molecule has 0 aliphatic heterocycles. The SMILES string of the molecule is COc1cc(OC)c(NS(=O)(=O)c2cc(C(=O)NCCc3ccccc3)c(Cl)cc2Cl)cc1Cl. The van der Waals surface area contributed by atoms with Crippen LogP contribution in [0.3, 0.4) is 0 Å². The van der Waals surface area contributed by atoms with Crippen LogP contribution >= 0.6 is 34.8 Å². The van der Waals surface area contributed by atoms with E-state index in [0.29, 0.717) is 18.7 Å². The molecule has 34 heavy (non-hydrogen) atoms. The van der Waals surface area contributed by atoms with Crippen molar-refractivity contribution in [2.75, 3.05) is 25.5 Å². The average Bonchev–Trinajstić information content (AvgIpc) is 2.79. The fourth-order valence-corrected chi connectivity index (χ4v) is 5.27. The maximum atomic E-state index is 13.1. The number of hydrogen-bond donors (Lipinski definition) is 2. The zero-order chi connectivity index (χ0) is 24.9. The second-order valence-electron chi connectivity index (χ2n) is 7.05. The highest BCUT2D eigenvalue weighted by molar-refractivity contribution is 7.92. The van der Waals surface area contributed by atoms with Gasteiger partial charge in [0.2, 0.25) is 0 Å². The van der Waals surface area contributed by atoms with Gasteiger partial charge in [-0.15, -0.1) is 0 Å². The largest absolute Gasteiger partial charge is 0.495 e. The maximum absolute atomic E-state index is 13.1. The lowest BCUT2D eigenvalue weighted by molar-refractivity contribution is 0.0954. The van der Waals surface area contributed by atoms with Gasteiger partial charge in [-0.3, -0.25) is 9.52 Å². The Morgan fingerprint density at radius 1 is 0.882 bits per heavy atom. The number of sulfonamides is 1. The molecule has 0 spiro atoms. The molecule has 0 radical (unpaired) electrons. The second kappa shape index (κ2) is 11.2. The Balaban J connectivity index is 1.86. The quantitative estimate of drug-likeness (QED) is 0.375. The van der Waals surface area contributed by atoms with Gasteiger partial charge in [-0.1, -0.05) is 65.1 Å². The van der Waals surface area contributed by atoms with Crippen molar-refractivity contribution in [2.45, 2.75) is 11.3 Å². The Hall–Kier alpha value is -2.65. The summed E-state index contributed by atoms with van der Waals surface area (Å²) in [4.78, 5) is 12.4. The molecule has 0 unspecified atom stereocenters. The van der Waals surface area contributed by atoms with E-state index in [-0.39, 0.29) is 37.0 Å². The zero-order valence-electron chi connectivity index (χ0n) is 18.2. The van der Waals surface area contributed by atoms with Crippen molar-refractivity contribution in [2.24, 2.45) is 0 Å². The van der Waals surface area contributed by atoms with Crippen molar-refractivity contribution in [3.8, 4) is 11.5 Å². The molecule has 0 heterocycles. The molecular weight excluding hydrogens is 523 g/mol. The number of benzene rings is 3. The van der Waals surface area contributed by atoms with Gasteiger partial charge in [0.25, 0.3) is 15.9 Å². The zero-order valence-corrected chi connectivity index (χ0v) is 21.3. The molecule has 7 nitrogen and oxygen atoms in total. The van der Waals surface area contributed by atoms with Crippen LogP contribution in [0.1, 0.15) is 15.9 Å². The van der Waals surface area contributed by atoms with Crippen LogP contribution in [0.15, 0.2) is 59.5 Å². The number of nitrogens with one attached hydrogen (secondary N) is 2. The van der Waals surface area contributed by atoms with Crippen LogP contribution in [0.4, 0.5) is 5.69 Å². The normalized spacial score (nSPS) is 11.1. The molecule has 0 aromatic heterocycles. The van der Waals surface area contributed by atoms with Crippen molar-refractivity contribution in [3.63, 3.8) is 0 Å². The summed E-state index contributed by atoms with van der Waals surface area (Å²) < 4.78 is 39.0. The molecule has 0 bridgehead atoms. The van der Waals surface area contributed by atoms with Crippen LogP contribution in [0, 0.1) is 0 Å². The van der Waals surface area contributed by atoms with Gasteiger partial charge < -0.3 is 14.8 Å². The topological polar surface area (TPSA) is 93.7 Å². The van der Waals surface area contributed by atoms with Crippen LogP contribution in [0.2, 0.25) is 15.1 Å². The summed E-state index contributed by atoms with van der Waals surface area (Å²) in [5, 5.41) is 2.77. The number of ether oxygens (including phenoxy) is 2. The van der Waals surface area contributed by atoms with Gasteiger partial charge in [0.05, 0.1) is 40.5 Å². The molecule has 3 rings (SSSR count). The van der Waals surface area contributed by atoms with Gasteiger partial charge in [-0.25, -0.2) is 8.42 Å². The van der Waals surface area contributed by atoms with Crippen LogP contribution in [0.5, 0.6) is 11.5 Å². The predicted octanol–water partition coefficient (Wildman–Crippen LogP) is 5.44. The van der Waals surface area contributed by atoms with E-state index < -0.39 is 15.9 Å². The fraction of sp³-hybridized carbons (Fsp3) is 0.174. The maximum Gasteiger partial charge on any atom is 0.263 e. The number of hydrogen-bond acceptors (Lipinski definition) is 5. The molecule has 0 aliphatic carbocycles. The van der Waals surface area contributed by atoms with E-state index in [1.807, 2.05) is 30.3 Å². The van der Waals surface area contributed by atoms with Gasteiger partial charge in [0, 0.05) is 12.6 Å². The van der Waals surface area contributed by atoms with Crippen molar-refractivity contribution in [1.29, 1.82) is 0 Å². The first-order valence-corrected chi connectivity index (χ1v) is 12.5. The van der Waals surface area contributed by atoms with E-state index >= 15 is 0 Å². The van der Waals surface area contributed by atoms with E-state index in [1.165, 1.54) is 32.4 Å². The summed E-state index contributed by atoms with van der Waals surface area (Å²) in [7, 11) is -1.46. The minimum absolute atomic E-state index is 0.0197. The Morgan fingerprint density at radius 2 is 1.56 bits per heavy atom. The molecule has 180 valence electrons. The van der Waals surface area contributed by atoms with Gasteiger partial charge in [0.15, 0.2) is 0 Å². The summed E-state index contributed by atoms with van der Waals surface area (Å²) in [5.41, 5.74) is 1.08. The lowest BCUT2D eigenvalue weighted by Crippen LogP contribution is -2.26. The first-order valence-electron chi connectivity index (χ1n) is 9.91. The van der Waals surface area contributed by atoms with Gasteiger partial charge in [0.1, 0.15) is 16.4 Å². The van der Waals surface area contributed by atoms with Crippen LogP contribution in [-0.4, -0.2) is 35.1 Å². The van der Waals surface area contributed by atoms with Crippen molar-refractivity contribution in [1.82, 2.24) is 5.32 Å². The Morgan fingerprint density at radius 3 is 2.21 bits per heavy atom. The van der Waals surface area contributed by atoms with Gasteiger partial charge in [-0.2, -0.15) is 0 Å². The van der Waals surface area contributed by atoms with Crippen LogP contribution in [0.25, 0.3) is 0 Å². The highest BCUT2D eigenvalue weighted by Crippen LogP contribution is 2.38. The smallest absolute Gasteiger partial charge is 0.263 e. The highest BCUT2D eigenvalue weighted by atomic mass is 35.5. The minimum Gasteiger partial charge on any atom is -0.495 e. The fourth-order valence-electron chi connectivity index (χ4n) is 3.11. The summed E-state index contributed by atoms with van der Waals surface area (Å²) in [6.07, 6.45) is 0.600. The first kappa shape index (κ1) is 26.0. The van der Waals surface area contributed by atoms with Gasteiger partial charge in [-0.05, 0) is 30.2 Å². The average molecular weight is 544 g/mol. The Labute approximate surface area is 213 Å². The van der Waals surface area contributed by atoms with Crippen molar-refractivity contribution in [3.05, 3.63) is 80.8 Å². The number of rotatable bonds is 9. The molecule has 0 fully saturated rings. The first-order chi connectivity index (χ1) is 16.2. The van der Waals surface area contributed by atoms with Crippen molar-refractivity contribution >= 4 is 56.4 Å². The molecule has 0 saturated heterocycles. The van der Waals surface area contributed by atoms with E-state index in [4.69, 9.17) is 44.3 Å². The third kappa shape index (κ3) is 6.07. The molecule has 0 atom stereocenters. The molecule has 3 aromatic carbocycles. The standard InChI is InChI=1S/C23H21Cl3N2O5S/c1-32-20-13-21(33-2)19(12-17(20)25)28-34(30,31)22-10-15(16(24)11-18(22)26)23(29)27-9-8-14-6-4-3-5-7-14/h3-7,10-13,28H,8-9H2,1-2H3,(H,27,29). The number of methoxy groups -OCH3 is 2. The summed E-state index contributed by atoms with van der Waals surface area (Å²) in [6, 6.07) is 14.7. The van der Waals surface area contributed by atoms with Crippen molar-refractivity contribution < 1.29 is 22.7 Å².